The molecule has 1 aliphatic heterocycles. The highest BCUT2D eigenvalue weighted by Crippen LogP contribution is 2.21. The van der Waals surface area contributed by atoms with Gasteiger partial charge in [-0.25, -0.2) is 4.39 Å². The van der Waals surface area contributed by atoms with Crippen molar-refractivity contribution >= 4 is 11.8 Å². The van der Waals surface area contributed by atoms with Crippen LogP contribution in [0.25, 0.3) is 0 Å². The molecule has 1 aliphatic rings. The van der Waals surface area contributed by atoms with Gasteiger partial charge in [-0.1, -0.05) is 12.1 Å². The standard InChI is InChI=1S/C21H28FN5O2/c1-14(2)27-10-9-18(24-27)21(29)26-12-16(13-26)20(28)23-11-19(25(3)4)15-5-7-17(22)8-6-15/h5-10,14,16,19H,11-13H2,1-4H3,(H,23,28). The Labute approximate surface area is 170 Å². The molecule has 29 heavy (non-hydrogen) atoms. The predicted molar refractivity (Wildman–Crippen MR) is 108 cm³/mol. The van der Waals surface area contributed by atoms with E-state index in [1.807, 2.05) is 32.8 Å². The minimum absolute atomic E-state index is 0.0580. The molecule has 0 aliphatic carbocycles. The predicted octanol–water partition coefficient (Wildman–Crippen LogP) is 2.09. The van der Waals surface area contributed by atoms with Gasteiger partial charge in [0.05, 0.1) is 12.0 Å². The Morgan fingerprint density at radius 1 is 1.21 bits per heavy atom. The van der Waals surface area contributed by atoms with Crippen LogP contribution >= 0.6 is 0 Å². The van der Waals surface area contributed by atoms with Crippen LogP contribution in [0.15, 0.2) is 36.5 Å². The van der Waals surface area contributed by atoms with Crippen LogP contribution in [0.5, 0.6) is 0 Å². The number of aromatic nitrogens is 2. The van der Waals surface area contributed by atoms with E-state index in [4.69, 9.17) is 0 Å². The number of likely N-dealkylation sites (N-methyl/N-ethyl adjacent to an activating group) is 1. The minimum atomic E-state index is -0.284. The number of benzene rings is 1. The van der Waals surface area contributed by atoms with Gasteiger partial charge in [-0.15, -0.1) is 0 Å². The van der Waals surface area contributed by atoms with Crippen LogP contribution in [-0.4, -0.2) is 65.1 Å². The van der Waals surface area contributed by atoms with Crippen LogP contribution in [0.2, 0.25) is 0 Å². The van der Waals surface area contributed by atoms with Crippen molar-refractivity contribution in [3.05, 3.63) is 53.6 Å². The van der Waals surface area contributed by atoms with Crippen LogP contribution < -0.4 is 5.32 Å². The lowest BCUT2D eigenvalue weighted by atomic mass is 9.98. The lowest BCUT2D eigenvalue weighted by Crippen LogP contribution is -2.56. The molecule has 1 atom stereocenters. The lowest BCUT2D eigenvalue weighted by Gasteiger charge is -2.38. The zero-order chi connectivity index (χ0) is 21.1. The van der Waals surface area contributed by atoms with Crippen LogP contribution in [0.3, 0.4) is 0 Å². The molecule has 1 unspecified atom stereocenters. The fraction of sp³-hybridized carbons (Fsp3) is 0.476. The van der Waals surface area contributed by atoms with Crippen molar-refractivity contribution in [2.75, 3.05) is 33.7 Å². The number of hydrogen-bond donors (Lipinski definition) is 1. The number of likely N-dealkylation sites (tertiary alicyclic amines) is 1. The Hall–Kier alpha value is -2.74. The molecule has 156 valence electrons. The van der Waals surface area contributed by atoms with Crippen LogP contribution in [0.4, 0.5) is 4.39 Å². The molecule has 1 aromatic heterocycles. The van der Waals surface area contributed by atoms with Gasteiger partial charge in [0, 0.05) is 31.9 Å². The summed E-state index contributed by atoms with van der Waals surface area (Å²) < 4.78 is 14.9. The van der Waals surface area contributed by atoms with Crippen molar-refractivity contribution in [2.45, 2.75) is 25.9 Å². The third-order valence-electron chi connectivity index (χ3n) is 5.24. The number of nitrogens with one attached hydrogen (secondary N) is 1. The number of carbonyl (C=O) groups excluding carboxylic acids is 2. The molecule has 0 saturated carbocycles. The molecule has 1 N–H and O–H groups in total. The summed E-state index contributed by atoms with van der Waals surface area (Å²) in [6.45, 7) is 5.20. The molecule has 7 nitrogen and oxygen atoms in total. The third kappa shape index (κ3) is 4.82. The summed E-state index contributed by atoms with van der Waals surface area (Å²) >= 11 is 0. The van der Waals surface area contributed by atoms with E-state index in [0.29, 0.717) is 25.3 Å². The summed E-state index contributed by atoms with van der Waals surface area (Å²) in [5.74, 6) is -0.725. The van der Waals surface area contributed by atoms with Gasteiger partial charge in [0.2, 0.25) is 5.91 Å². The van der Waals surface area contributed by atoms with Crippen molar-refractivity contribution in [1.82, 2.24) is 24.9 Å². The lowest BCUT2D eigenvalue weighted by molar-refractivity contribution is -0.129. The third-order valence-corrected chi connectivity index (χ3v) is 5.24. The van der Waals surface area contributed by atoms with Gasteiger partial charge >= 0.3 is 0 Å². The zero-order valence-electron chi connectivity index (χ0n) is 17.3. The first-order chi connectivity index (χ1) is 13.8. The maximum atomic E-state index is 13.2. The van der Waals surface area contributed by atoms with Crippen molar-refractivity contribution < 1.29 is 14.0 Å². The van der Waals surface area contributed by atoms with E-state index in [-0.39, 0.29) is 35.6 Å². The minimum Gasteiger partial charge on any atom is -0.354 e. The van der Waals surface area contributed by atoms with Crippen LogP contribution in [0, 0.1) is 11.7 Å². The fourth-order valence-electron chi connectivity index (χ4n) is 3.34. The summed E-state index contributed by atoms with van der Waals surface area (Å²) in [5.41, 5.74) is 1.34. The molecule has 1 fully saturated rings. The van der Waals surface area contributed by atoms with Crippen molar-refractivity contribution in [3.63, 3.8) is 0 Å². The molecule has 2 heterocycles. The highest BCUT2D eigenvalue weighted by Gasteiger charge is 2.37. The second-order valence-corrected chi connectivity index (χ2v) is 7.96. The Morgan fingerprint density at radius 2 is 1.86 bits per heavy atom. The first-order valence-corrected chi connectivity index (χ1v) is 9.80. The molecule has 2 amide bonds. The van der Waals surface area contributed by atoms with Gasteiger partial charge in [0.15, 0.2) is 0 Å². The van der Waals surface area contributed by atoms with Crippen molar-refractivity contribution in [3.8, 4) is 0 Å². The summed E-state index contributed by atoms with van der Waals surface area (Å²) in [6, 6.07) is 8.14. The first-order valence-electron chi connectivity index (χ1n) is 9.80. The highest BCUT2D eigenvalue weighted by molar-refractivity contribution is 5.94. The van der Waals surface area contributed by atoms with Crippen LogP contribution in [0.1, 0.15) is 42.0 Å². The van der Waals surface area contributed by atoms with Gasteiger partial charge in [0.1, 0.15) is 11.5 Å². The molecule has 3 rings (SSSR count). The van der Waals surface area contributed by atoms with E-state index in [1.54, 1.807) is 34.0 Å². The molecule has 0 spiro atoms. The first kappa shape index (κ1) is 21.0. The zero-order valence-corrected chi connectivity index (χ0v) is 17.3. The van der Waals surface area contributed by atoms with Crippen LogP contribution in [-0.2, 0) is 4.79 Å². The van der Waals surface area contributed by atoms with Gasteiger partial charge in [-0.05, 0) is 51.7 Å². The molecule has 8 heteroatoms. The summed E-state index contributed by atoms with van der Waals surface area (Å²) in [7, 11) is 3.83. The topological polar surface area (TPSA) is 70.5 Å². The Balaban J connectivity index is 1.50. The maximum absolute atomic E-state index is 13.2. The summed E-state index contributed by atoms with van der Waals surface area (Å²) in [5, 5.41) is 7.26. The van der Waals surface area contributed by atoms with Gasteiger partial charge in [0.25, 0.3) is 5.91 Å². The second kappa shape index (κ2) is 8.73. The SMILES string of the molecule is CC(C)n1ccc(C(=O)N2CC(C(=O)NCC(c3ccc(F)cc3)N(C)C)C2)n1. The number of amides is 2. The summed E-state index contributed by atoms with van der Waals surface area (Å²) in [6.07, 6.45) is 1.79. The van der Waals surface area contributed by atoms with E-state index < -0.39 is 0 Å². The maximum Gasteiger partial charge on any atom is 0.274 e. The van der Waals surface area contributed by atoms with E-state index >= 15 is 0 Å². The van der Waals surface area contributed by atoms with Gasteiger partial charge in [-0.2, -0.15) is 5.10 Å². The van der Waals surface area contributed by atoms with Gasteiger partial charge < -0.3 is 15.1 Å². The second-order valence-electron chi connectivity index (χ2n) is 7.96. The number of rotatable bonds is 7. The molecular formula is C21H28FN5O2. The monoisotopic (exact) mass is 401 g/mol. The molecule has 0 radical (unpaired) electrons. The molecule has 2 aromatic rings. The van der Waals surface area contributed by atoms with Crippen molar-refractivity contribution in [1.29, 1.82) is 0 Å². The Bertz CT molecular complexity index is 856. The number of carbonyl (C=O) groups is 2. The summed E-state index contributed by atoms with van der Waals surface area (Å²) in [4.78, 5) is 28.6. The Morgan fingerprint density at radius 3 is 2.41 bits per heavy atom. The largest absolute Gasteiger partial charge is 0.354 e. The average Bonchev–Trinajstić information content (AvgIpc) is 3.12. The molecular weight excluding hydrogens is 373 g/mol. The number of hydrogen-bond acceptors (Lipinski definition) is 4. The molecule has 1 saturated heterocycles. The average molecular weight is 401 g/mol. The number of nitrogens with zero attached hydrogens (tertiary/aromatic N) is 4. The number of halogens is 1. The van der Waals surface area contributed by atoms with E-state index in [1.165, 1.54) is 12.1 Å². The highest BCUT2D eigenvalue weighted by atomic mass is 19.1. The van der Waals surface area contributed by atoms with E-state index in [9.17, 15) is 14.0 Å². The normalized spacial score (nSPS) is 15.5. The fourth-order valence-corrected chi connectivity index (χ4v) is 3.34. The van der Waals surface area contributed by atoms with Gasteiger partial charge in [-0.3, -0.25) is 14.3 Å². The quantitative estimate of drug-likeness (QED) is 0.771. The smallest absolute Gasteiger partial charge is 0.274 e. The van der Waals surface area contributed by atoms with E-state index in [2.05, 4.69) is 10.4 Å². The van der Waals surface area contributed by atoms with E-state index in [0.717, 1.165) is 5.56 Å². The molecule has 0 bridgehead atoms. The molecule has 1 aromatic carbocycles. The Kier molecular flexibility index (Phi) is 6.32. The van der Waals surface area contributed by atoms with Crippen molar-refractivity contribution in [2.24, 2.45) is 5.92 Å².